The van der Waals surface area contributed by atoms with Crippen molar-refractivity contribution < 1.29 is 13.6 Å². The number of ketones is 1. The number of pyridine rings is 1. The number of hydrogen-bond donors (Lipinski definition) is 1. The molecular formula is C22H38FN3O2Si. The average molecular weight is 424 g/mol. The molecule has 0 aliphatic carbocycles. The molecule has 5 nitrogen and oxygen atoms in total. The predicted molar refractivity (Wildman–Crippen MR) is 119 cm³/mol. The number of carbonyl (C=O) groups excluding carboxylic acids is 1. The summed E-state index contributed by atoms with van der Waals surface area (Å²) in [5.41, 5.74) is 0.818. The molecule has 1 aromatic rings. The maximum absolute atomic E-state index is 13.4. The van der Waals surface area contributed by atoms with Crippen molar-refractivity contribution in [1.29, 1.82) is 0 Å². The molecule has 164 valence electrons. The zero-order valence-electron chi connectivity index (χ0n) is 19.1. The smallest absolute Gasteiger partial charge is 0.200 e. The number of nitrogens with one attached hydrogen (secondary N) is 1. The molecule has 1 aliphatic rings. The quantitative estimate of drug-likeness (QED) is 0.545. The predicted octanol–water partition coefficient (Wildman–Crippen LogP) is 4.86. The minimum Gasteiger partial charge on any atom is -0.414 e. The van der Waals surface area contributed by atoms with Crippen molar-refractivity contribution in [2.75, 3.05) is 32.1 Å². The fourth-order valence-corrected chi connectivity index (χ4v) is 10.7. The maximum Gasteiger partial charge on any atom is 0.200 e. The van der Waals surface area contributed by atoms with E-state index in [-0.39, 0.29) is 18.1 Å². The topological polar surface area (TPSA) is 54.5 Å². The van der Waals surface area contributed by atoms with Gasteiger partial charge in [0.2, 0.25) is 0 Å². The van der Waals surface area contributed by atoms with Gasteiger partial charge in [-0.2, -0.15) is 0 Å². The highest BCUT2D eigenvalue weighted by atomic mass is 28.4. The second-order valence-electron chi connectivity index (χ2n) is 9.30. The number of carbonyl (C=O) groups is 1. The van der Waals surface area contributed by atoms with Crippen LogP contribution in [0.3, 0.4) is 0 Å². The van der Waals surface area contributed by atoms with E-state index >= 15 is 0 Å². The van der Waals surface area contributed by atoms with E-state index in [9.17, 15) is 9.18 Å². The number of aromatic nitrogens is 1. The minimum atomic E-state index is -2.06. The Labute approximate surface area is 176 Å². The molecule has 0 spiro atoms. The van der Waals surface area contributed by atoms with Crippen LogP contribution in [0.15, 0.2) is 18.3 Å². The third-order valence-electron chi connectivity index (χ3n) is 6.76. The summed E-state index contributed by atoms with van der Waals surface area (Å²) < 4.78 is 19.9. The standard InChI is InChI=1S/C22H38FN3O2Si/c1-16(2)29(17(3)4,18(5)6)28-15-22(11-8-12-26(22)7)20(27)14-25-21-10-9-19(23)13-24-21/h9-10,13,16-18H,8,11-12,14-15H2,1-7H3,(H,24,25)/t22-/m1/s1. The largest absolute Gasteiger partial charge is 0.414 e. The van der Waals surface area contributed by atoms with E-state index in [0.29, 0.717) is 29.0 Å². The number of nitrogens with zero attached hydrogens (tertiary/aromatic N) is 2. The SMILES string of the molecule is CC(C)[Si](OC[C@@]1(C(=O)CNc2ccc(F)cn2)CCCN1C)(C(C)C)C(C)C. The Balaban J connectivity index is 2.19. The summed E-state index contributed by atoms with van der Waals surface area (Å²) in [5, 5.41) is 3.06. The van der Waals surface area contributed by atoms with E-state index < -0.39 is 13.9 Å². The first-order valence-corrected chi connectivity index (χ1v) is 12.9. The van der Waals surface area contributed by atoms with Gasteiger partial charge in [-0.25, -0.2) is 9.37 Å². The van der Waals surface area contributed by atoms with Gasteiger partial charge in [0.05, 0.1) is 19.3 Å². The van der Waals surface area contributed by atoms with Crippen LogP contribution >= 0.6 is 0 Å². The molecule has 1 saturated heterocycles. The summed E-state index contributed by atoms with van der Waals surface area (Å²) >= 11 is 0. The van der Waals surface area contributed by atoms with Gasteiger partial charge in [-0.1, -0.05) is 41.5 Å². The van der Waals surface area contributed by atoms with Crippen molar-refractivity contribution in [2.45, 2.75) is 76.5 Å². The summed E-state index contributed by atoms with van der Waals surface area (Å²) in [5.74, 6) is 0.231. The molecule has 0 aromatic carbocycles. The lowest BCUT2D eigenvalue weighted by Gasteiger charge is -2.45. The molecule has 29 heavy (non-hydrogen) atoms. The molecule has 0 saturated carbocycles. The van der Waals surface area contributed by atoms with E-state index in [0.717, 1.165) is 25.6 Å². The van der Waals surface area contributed by atoms with E-state index in [2.05, 4.69) is 56.7 Å². The number of likely N-dealkylation sites (tertiary alicyclic amines) is 1. The van der Waals surface area contributed by atoms with Gasteiger partial charge in [-0.15, -0.1) is 0 Å². The van der Waals surface area contributed by atoms with Crippen LogP contribution in [0.5, 0.6) is 0 Å². The van der Waals surface area contributed by atoms with Crippen LogP contribution in [0.4, 0.5) is 10.2 Å². The zero-order valence-corrected chi connectivity index (χ0v) is 20.1. The van der Waals surface area contributed by atoms with Crippen LogP contribution in [0.2, 0.25) is 16.6 Å². The van der Waals surface area contributed by atoms with Gasteiger partial charge in [0.1, 0.15) is 17.2 Å². The summed E-state index contributed by atoms with van der Waals surface area (Å²) in [7, 11) is -0.0425. The van der Waals surface area contributed by atoms with Gasteiger partial charge in [0, 0.05) is 0 Å². The molecule has 7 heteroatoms. The van der Waals surface area contributed by atoms with Gasteiger partial charge < -0.3 is 9.74 Å². The molecule has 0 radical (unpaired) electrons. The molecule has 1 N–H and O–H groups in total. The third-order valence-corrected chi connectivity index (χ3v) is 12.8. The highest BCUT2D eigenvalue weighted by Gasteiger charge is 2.50. The lowest BCUT2D eigenvalue weighted by Crippen LogP contribution is -2.58. The number of likely N-dealkylation sites (N-methyl/N-ethyl adjacent to an activating group) is 1. The van der Waals surface area contributed by atoms with Crippen molar-refractivity contribution in [2.24, 2.45) is 0 Å². The Kier molecular flexibility index (Phi) is 7.98. The second-order valence-corrected chi connectivity index (χ2v) is 14.8. The monoisotopic (exact) mass is 423 g/mol. The van der Waals surface area contributed by atoms with Crippen LogP contribution in [0.25, 0.3) is 0 Å². The highest BCUT2D eigenvalue weighted by molar-refractivity contribution is 6.77. The molecular weight excluding hydrogens is 385 g/mol. The van der Waals surface area contributed by atoms with Crippen LogP contribution in [0, 0.1) is 5.82 Å². The lowest BCUT2D eigenvalue weighted by atomic mass is 9.92. The fraction of sp³-hybridized carbons (Fsp3) is 0.727. The highest BCUT2D eigenvalue weighted by Crippen LogP contribution is 2.43. The molecule has 1 aromatic heterocycles. The van der Waals surface area contributed by atoms with Gasteiger partial charge in [-0.3, -0.25) is 9.69 Å². The van der Waals surface area contributed by atoms with Gasteiger partial charge in [-0.05, 0) is 55.2 Å². The van der Waals surface area contributed by atoms with Crippen molar-refractivity contribution in [3.05, 3.63) is 24.1 Å². The number of anilines is 1. The Morgan fingerprint density at radius 1 is 1.24 bits per heavy atom. The lowest BCUT2D eigenvalue weighted by molar-refractivity contribution is -0.129. The number of Topliss-reactive ketones (excluding diaryl/α,β-unsaturated/α-hetero) is 1. The molecule has 1 aliphatic heterocycles. The number of hydrogen-bond acceptors (Lipinski definition) is 5. The molecule has 1 fully saturated rings. The average Bonchev–Trinajstić information content (AvgIpc) is 3.02. The minimum absolute atomic E-state index is 0.114. The number of rotatable bonds is 10. The van der Waals surface area contributed by atoms with E-state index in [4.69, 9.17) is 4.43 Å². The first-order chi connectivity index (χ1) is 13.6. The third kappa shape index (κ3) is 4.89. The first-order valence-electron chi connectivity index (χ1n) is 10.8. The van der Waals surface area contributed by atoms with Crippen molar-refractivity contribution in [3.8, 4) is 0 Å². The molecule has 2 heterocycles. The van der Waals surface area contributed by atoms with Gasteiger partial charge >= 0.3 is 0 Å². The Bertz CT molecular complexity index is 659. The van der Waals surface area contributed by atoms with E-state index in [1.165, 1.54) is 6.07 Å². The maximum atomic E-state index is 13.4. The Morgan fingerprint density at radius 2 is 1.86 bits per heavy atom. The summed E-state index contributed by atoms with van der Waals surface area (Å²) in [4.78, 5) is 19.5. The van der Waals surface area contributed by atoms with Crippen LogP contribution < -0.4 is 5.32 Å². The fourth-order valence-electron chi connectivity index (χ4n) is 5.19. The zero-order chi connectivity index (χ0) is 21.8. The second kappa shape index (κ2) is 9.66. The Hall–Kier alpha value is -1.31. The summed E-state index contributed by atoms with van der Waals surface area (Å²) in [6.45, 7) is 15.1. The van der Waals surface area contributed by atoms with Crippen LogP contribution in [-0.2, 0) is 9.22 Å². The van der Waals surface area contributed by atoms with E-state index in [1.54, 1.807) is 6.07 Å². The van der Waals surface area contributed by atoms with E-state index in [1.807, 2.05) is 7.05 Å². The normalized spacial score (nSPS) is 20.8. The first kappa shape index (κ1) is 24.0. The summed E-state index contributed by atoms with van der Waals surface area (Å²) in [6.07, 6.45) is 2.95. The molecule has 2 rings (SSSR count). The molecule has 0 bridgehead atoms. The van der Waals surface area contributed by atoms with Gasteiger partial charge in [0.15, 0.2) is 14.1 Å². The molecule has 0 amide bonds. The van der Waals surface area contributed by atoms with Crippen LogP contribution in [0.1, 0.15) is 54.4 Å². The number of halogens is 1. The van der Waals surface area contributed by atoms with Crippen molar-refractivity contribution in [1.82, 2.24) is 9.88 Å². The molecule has 1 atom stereocenters. The van der Waals surface area contributed by atoms with Gasteiger partial charge in [0.25, 0.3) is 0 Å². The molecule has 0 unspecified atom stereocenters. The van der Waals surface area contributed by atoms with Crippen molar-refractivity contribution >= 4 is 19.9 Å². The van der Waals surface area contributed by atoms with Crippen LogP contribution in [-0.4, -0.2) is 56.3 Å². The Morgan fingerprint density at radius 3 is 2.31 bits per heavy atom. The summed E-state index contributed by atoms with van der Waals surface area (Å²) in [6, 6.07) is 2.90. The van der Waals surface area contributed by atoms with Crippen molar-refractivity contribution in [3.63, 3.8) is 0 Å².